The minimum atomic E-state index is -0.439. The molecule has 2 N–H and O–H groups in total. The molecule has 4 nitrogen and oxygen atoms in total. The van der Waals surface area contributed by atoms with Gasteiger partial charge in [-0.05, 0) is 13.8 Å². The normalized spacial score (nSPS) is 13.4. The van der Waals surface area contributed by atoms with Crippen LogP contribution in [-0.4, -0.2) is 14.8 Å². The van der Waals surface area contributed by atoms with Crippen LogP contribution in [0.25, 0.3) is 0 Å². The van der Waals surface area contributed by atoms with Crippen LogP contribution >= 0.6 is 0 Å². The Morgan fingerprint density at radius 2 is 1.64 bits per heavy atom. The van der Waals surface area contributed by atoms with Gasteiger partial charge in [-0.1, -0.05) is 20.8 Å². The molecule has 0 amide bonds. The van der Waals surface area contributed by atoms with Crippen LogP contribution < -0.4 is 5.73 Å². The first-order valence-electron chi connectivity index (χ1n) is 4.83. The molecule has 1 aromatic rings. The molecule has 0 aliphatic heterocycles. The average Bonchev–Trinajstić information content (AvgIpc) is 2.27. The van der Waals surface area contributed by atoms with Gasteiger partial charge in [0.05, 0.1) is 5.54 Å². The molecule has 1 aromatic heterocycles. The minimum absolute atomic E-state index is 0.0265. The highest BCUT2D eigenvalue weighted by Crippen LogP contribution is 2.21. The molecule has 0 fully saturated rings. The summed E-state index contributed by atoms with van der Waals surface area (Å²) in [5.41, 5.74) is 5.53. The van der Waals surface area contributed by atoms with E-state index in [-0.39, 0.29) is 5.41 Å². The molecule has 14 heavy (non-hydrogen) atoms. The first-order valence-corrected chi connectivity index (χ1v) is 4.83. The number of rotatable bonds is 1. The second kappa shape index (κ2) is 3.05. The number of aryl methyl sites for hydroxylation is 1. The van der Waals surface area contributed by atoms with Crippen LogP contribution in [0, 0.1) is 0 Å². The summed E-state index contributed by atoms with van der Waals surface area (Å²) in [7, 11) is 1.88. The van der Waals surface area contributed by atoms with Crippen molar-refractivity contribution in [2.45, 2.75) is 45.6 Å². The van der Waals surface area contributed by atoms with Crippen LogP contribution in [0.2, 0.25) is 0 Å². The molecule has 0 unspecified atom stereocenters. The summed E-state index contributed by atoms with van der Waals surface area (Å²) in [5, 5.41) is 4.37. The van der Waals surface area contributed by atoms with Crippen molar-refractivity contribution in [3.05, 3.63) is 11.6 Å². The van der Waals surface area contributed by atoms with E-state index in [9.17, 15) is 0 Å². The molecule has 0 aromatic carbocycles. The smallest absolute Gasteiger partial charge is 0.156 e. The fraction of sp³-hybridized carbons (Fsp3) is 0.800. The van der Waals surface area contributed by atoms with Crippen molar-refractivity contribution in [2.24, 2.45) is 12.8 Å². The maximum atomic E-state index is 5.99. The zero-order chi connectivity index (χ0) is 11.1. The monoisotopic (exact) mass is 196 g/mol. The number of aromatic nitrogens is 3. The van der Waals surface area contributed by atoms with Crippen molar-refractivity contribution in [3.63, 3.8) is 0 Å². The summed E-state index contributed by atoms with van der Waals surface area (Å²) in [5.74, 6) is 1.66. The Bertz CT molecular complexity index is 325. The summed E-state index contributed by atoms with van der Waals surface area (Å²) in [6.45, 7) is 10.1. The predicted octanol–water partition coefficient (Wildman–Crippen LogP) is 1.31. The third kappa shape index (κ3) is 2.12. The van der Waals surface area contributed by atoms with Crippen LogP contribution in [0.4, 0.5) is 0 Å². The Hall–Kier alpha value is -0.900. The molecule has 0 bridgehead atoms. The highest BCUT2D eigenvalue weighted by Gasteiger charge is 2.26. The van der Waals surface area contributed by atoms with E-state index in [1.807, 2.05) is 20.9 Å². The molecule has 0 radical (unpaired) electrons. The van der Waals surface area contributed by atoms with Crippen molar-refractivity contribution in [1.82, 2.24) is 14.8 Å². The van der Waals surface area contributed by atoms with Crippen molar-refractivity contribution in [2.75, 3.05) is 0 Å². The van der Waals surface area contributed by atoms with E-state index in [1.54, 1.807) is 4.68 Å². The Balaban J connectivity index is 3.19. The zero-order valence-electron chi connectivity index (χ0n) is 9.92. The summed E-state index contributed by atoms with van der Waals surface area (Å²) in [6, 6.07) is 0. The van der Waals surface area contributed by atoms with Crippen LogP contribution in [0.15, 0.2) is 0 Å². The lowest BCUT2D eigenvalue weighted by atomic mass is 9.96. The molecule has 0 atom stereocenters. The highest BCUT2D eigenvalue weighted by molar-refractivity contribution is 5.08. The molecule has 0 spiro atoms. The SMILES string of the molecule is Cn1nc(C(C)(C)C)nc1C(C)(C)N. The van der Waals surface area contributed by atoms with Gasteiger partial charge in [0.15, 0.2) is 5.82 Å². The maximum Gasteiger partial charge on any atom is 0.156 e. The van der Waals surface area contributed by atoms with Crippen LogP contribution in [-0.2, 0) is 18.0 Å². The Labute approximate surface area is 85.5 Å². The number of hydrogen-bond acceptors (Lipinski definition) is 3. The third-order valence-corrected chi connectivity index (χ3v) is 2.01. The van der Waals surface area contributed by atoms with Crippen LogP contribution in [0.3, 0.4) is 0 Å². The van der Waals surface area contributed by atoms with E-state index >= 15 is 0 Å². The molecular weight excluding hydrogens is 176 g/mol. The molecule has 0 saturated carbocycles. The largest absolute Gasteiger partial charge is 0.319 e. The second-order valence-electron chi connectivity index (χ2n) is 5.35. The van der Waals surface area contributed by atoms with Gasteiger partial charge in [0.25, 0.3) is 0 Å². The maximum absolute atomic E-state index is 5.99. The fourth-order valence-corrected chi connectivity index (χ4v) is 1.26. The van der Waals surface area contributed by atoms with Gasteiger partial charge in [-0.15, -0.1) is 0 Å². The van der Waals surface area contributed by atoms with E-state index < -0.39 is 5.54 Å². The molecule has 80 valence electrons. The zero-order valence-corrected chi connectivity index (χ0v) is 9.92. The van der Waals surface area contributed by atoms with Gasteiger partial charge in [0.2, 0.25) is 0 Å². The van der Waals surface area contributed by atoms with Crippen LogP contribution in [0.5, 0.6) is 0 Å². The highest BCUT2D eigenvalue weighted by atomic mass is 15.3. The average molecular weight is 196 g/mol. The standard InChI is InChI=1S/C10H20N4/c1-9(2,3)7-12-8(10(4,5)11)14(6)13-7/h11H2,1-6H3. The number of nitrogens with two attached hydrogens (primary N) is 1. The van der Waals surface area contributed by atoms with Gasteiger partial charge in [-0.3, -0.25) is 4.68 Å². The Kier molecular flexibility index (Phi) is 2.44. The van der Waals surface area contributed by atoms with E-state index in [0.29, 0.717) is 0 Å². The molecule has 1 heterocycles. The van der Waals surface area contributed by atoms with Gasteiger partial charge in [-0.2, -0.15) is 5.10 Å². The quantitative estimate of drug-likeness (QED) is 0.736. The van der Waals surface area contributed by atoms with Crippen LogP contribution in [0.1, 0.15) is 46.3 Å². The minimum Gasteiger partial charge on any atom is -0.319 e. The topological polar surface area (TPSA) is 56.7 Å². The van der Waals surface area contributed by atoms with Gasteiger partial charge < -0.3 is 5.73 Å². The summed E-state index contributed by atoms with van der Waals surface area (Å²) < 4.78 is 1.76. The molecule has 0 aliphatic carbocycles. The van der Waals surface area contributed by atoms with Crippen molar-refractivity contribution >= 4 is 0 Å². The third-order valence-electron chi connectivity index (χ3n) is 2.01. The summed E-state index contributed by atoms with van der Waals surface area (Å²) in [4.78, 5) is 4.48. The van der Waals surface area contributed by atoms with E-state index in [0.717, 1.165) is 11.6 Å². The fourth-order valence-electron chi connectivity index (χ4n) is 1.26. The predicted molar refractivity (Wildman–Crippen MR) is 56.9 cm³/mol. The van der Waals surface area contributed by atoms with E-state index in [1.165, 1.54) is 0 Å². The van der Waals surface area contributed by atoms with Crippen molar-refractivity contribution < 1.29 is 0 Å². The Morgan fingerprint density at radius 3 is 1.86 bits per heavy atom. The lowest BCUT2D eigenvalue weighted by Gasteiger charge is -2.16. The Morgan fingerprint density at radius 1 is 1.14 bits per heavy atom. The van der Waals surface area contributed by atoms with Crippen molar-refractivity contribution in [3.8, 4) is 0 Å². The lowest BCUT2D eigenvalue weighted by Crippen LogP contribution is -2.32. The molecule has 1 rings (SSSR count). The summed E-state index contributed by atoms with van der Waals surface area (Å²) >= 11 is 0. The lowest BCUT2D eigenvalue weighted by molar-refractivity contribution is 0.481. The van der Waals surface area contributed by atoms with Gasteiger partial charge in [0.1, 0.15) is 5.82 Å². The molecule has 4 heteroatoms. The second-order valence-corrected chi connectivity index (χ2v) is 5.35. The summed E-state index contributed by atoms with van der Waals surface area (Å²) in [6.07, 6.45) is 0. The van der Waals surface area contributed by atoms with Gasteiger partial charge in [0, 0.05) is 12.5 Å². The van der Waals surface area contributed by atoms with E-state index in [2.05, 4.69) is 30.9 Å². The molecular formula is C10H20N4. The number of nitrogens with zero attached hydrogens (tertiary/aromatic N) is 3. The van der Waals surface area contributed by atoms with Crippen molar-refractivity contribution in [1.29, 1.82) is 0 Å². The molecule has 0 aliphatic rings. The molecule has 0 saturated heterocycles. The first kappa shape index (κ1) is 11.2. The van der Waals surface area contributed by atoms with Gasteiger partial charge >= 0.3 is 0 Å². The number of hydrogen-bond donors (Lipinski definition) is 1. The van der Waals surface area contributed by atoms with E-state index in [4.69, 9.17) is 5.73 Å². The first-order chi connectivity index (χ1) is 6.12. The van der Waals surface area contributed by atoms with Gasteiger partial charge in [-0.25, -0.2) is 4.98 Å².